The molecule has 1 saturated carbocycles. The van der Waals surface area contributed by atoms with Crippen LogP contribution in [-0.4, -0.2) is 17.9 Å². The van der Waals surface area contributed by atoms with Crippen molar-refractivity contribution in [3.8, 4) is 5.75 Å². The first-order valence-electron chi connectivity index (χ1n) is 11.2. The molecule has 1 aromatic carbocycles. The number of rotatable bonds is 7. The summed E-state index contributed by atoms with van der Waals surface area (Å²) in [4.78, 5) is 4.95. The Hall–Kier alpha value is -2.35. The van der Waals surface area contributed by atoms with Crippen molar-refractivity contribution in [3.05, 3.63) is 71.9 Å². The number of para-hydroxylation sites is 1. The van der Waals surface area contributed by atoms with Gasteiger partial charge in [-0.15, -0.1) is 0 Å². The van der Waals surface area contributed by atoms with Gasteiger partial charge in [-0.05, 0) is 44.2 Å². The lowest BCUT2D eigenvalue weighted by Gasteiger charge is -2.30. The van der Waals surface area contributed by atoms with Crippen molar-refractivity contribution < 1.29 is 4.74 Å². The maximum absolute atomic E-state index is 6.72. The first-order valence-corrected chi connectivity index (χ1v) is 11.2. The van der Waals surface area contributed by atoms with E-state index in [1.807, 2.05) is 6.08 Å². The van der Waals surface area contributed by atoms with Crippen LogP contribution in [0.4, 0.5) is 0 Å². The van der Waals surface area contributed by atoms with Gasteiger partial charge in [-0.2, -0.15) is 0 Å². The molecule has 0 bridgehead atoms. The van der Waals surface area contributed by atoms with Gasteiger partial charge in [0.15, 0.2) is 0 Å². The number of benzene rings is 1. The molecule has 0 N–H and O–H groups in total. The largest absolute Gasteiger partial charge is 0.486 e. The lowest BCUT2D eigenvalue weighted by atomic mass is 9.95. The molecule has 154 valence electrons. The lowest BCUT2D eigenvalue weighted by Crippen LogP contribution is -2.31. The van der Waals surface area contributed by atoms with Crippen LogP contribution >= 0.6 is 0 Å². The van der Waals surface area contributed by atoms with Crippen molar-refractivity contribution in [1.29, 1.82) is 0 Å². The summed E-state index contributed by atoms with van der Waals surface area (Å²) in [5.41, 5.74) is 3.17. The minimum absolute atomic E-state index is 0.189. The predicted molar refractivity (Wildman–Crippen MR) is 126 cm³/mol. The van der Waals surface area contributed by atoms with Gasteiger partial charge in [-0.1, -0.05) is 87.8 Å². The van der Waals surface area contributed by atoms with Gasteiger partial charge in [0.25, 0.3) is 0 Å². The van der Waals surface area contributed by atoms with Gasteiger partial charge < -0.3 is 4.74 Å². The van der Waals surface area contributed by atoms with Crippen LogP contribution < -0.4 is 4.74 Å². The molecule has 2 aliphatic carbocycles. The summed E-state index contributed by atoms with van der Waals surface area (Å²) in [5.74, 6) is 0.951. The molecule has 0 amide bonds. The third-order valence-corrected chi connectivity index (χ3v) is 6.20. The first kappa shape index (κ1) is 21.4. The lowest BCUT2D eigenvalue weighted by molar-refractivity contribution is 0.0798. The Morgan fingerprint density at radius 1 is 1.00 bits per heavy atom. The third-order valence-electron chi connectivity index (χ3n) is 6.20. The second-order valence-electron chi connectivity index (χ2n) is 8.30. The maximum Gasteiger partial charge on any atom is 0.136 e. The van der Waals surface area contributed by atoms with E-state index in [-0.39, 0.29) is 5.60 Å². The van der Waals surface area contributed by atoms with Crippen molar-refractivity contribution in [2.75, 3.05) is 0 Å². The summed E-state index contributed by atoms with van der Waals surface area (Å²) in [6.07, 6.45) is 25.0. The molecule has 0 aliphatic heterocycles. The molecule has 1 aromatic rings. The minimum atomic E-state index is -0.189. The second kappa shape index (κ2) is 10.4. The summed E-state index contributed by atoms with van der Waals surface area (Å²) in [5, 5.41) is 0. The fourth-order valence-corrected chi connectivity index (χ4v) is 3.80. The Labute approximate surface area is 176 Å². The number of hydrogen-bond acceptors (Lipinski definition) is 2. The Balaban J connectivity index is 2.01. The van der Waals surface area contributed by atoms with Crippen molar-refractivity contribution in [2.24, 2.45) is 4.99 Å². The van der Waals surface area contributed by atoms with Crippen LogP contribution in [0.25, 0.3) is 5.57 Å². The van der Waals surface area contributed by atoms with Crippen molar-refractivity contribution in [2.45, 2.75) is 77.4 Å². The molecular formula is C27H35NO. The minimum Gasteiger partial charge on any atom is -0.486 e. The smallest absolute Gasteiger partial charge is 0.136 e. The number of ether oxygens (including phenoxy) is 1. The third kappa shape index (κ3) is 5.82. The zero-order valence-corrected chi connectivity index (χ0v) is 18.2. The quantitative estimate of drug-likeness (QED) is 0.443. The molecule has 0 spiro atoms. The van der Waals surface area contributed by atoms with E-state index in [9.17, 15) is 0 Å². The topological polar surface area (TPSA) is 21.6 Å². The zero-order valence-electron chi connectivity index (χ0n) is 18.2. The van der Waals surface area contributed by atoms with E-state index in [2.05, 4.69) is 81.6 Å². The molecule has 0 radical (unpaired) electrons. The fraction of sp³-hybridized carbons (Fsp3) is 0.444. The average molecular weight is 390 g/mol. The van der Waals surface area contributed by atoms with E-state index in [0.29, 0.717) is 6.04 Å². The summed E-state index contributed by atoms with van der Waals surface area (Å²) >= 11 is 0. The van der Waals surface area contributed by atoms with Gasteiger partial charge in [0.05, 0.1) is 0 Å². The Morgan fingerprint density at radius 2 is 1.72 bits per heavy atom. The summed E-state index contributed by atoms with van der Waals surface area (Å²) < 4.78 is 6.72. The van der Waals surface area contributed by atoms with Crippen LogP contribution in [0.3, 0.4) is 0 Å². The predicted octanol–water partition coefficient (Wildman–Crippen LogP) is 7.46. The van der Waals surface area contributed by atoms with Crippen molar-refractivity contribution in [1.82, 2.24) is 0 Å². The molecule has 0 aromatic heterocycles. The summed E-state index contributed by atoms with van der Waals surface area (Å²) in [7, 11) is 0. The molecule has 1 fully saturated rings. The molecule has 0 unspecified atom stereocenters. The highest BCUT2D eigenvalue weighted by Crippen LogP contribution is 2.35. The number of allylic oxidation sites excluding steroid dienone is 8. The normalized spacial score (nSPS) is 23.1. The average Bonchev–Trinajstić information content (AvgIpc) is 2.73. The van der Waals surface area contributed by atoms with Crippen LogP contribution in [0.2, 0.25) is 0 Å². The van der Waals surface area contributed by atoms with Gasteiger partial charge in [-0.3, -0.25) is 4.99 Å². The van der Waals surface area contributed by atoms with Gasteiger partial charge in [0.1, 0.15) is 11.4 Å². The van der Waals surface area contributed by atoms with Crippen LogP contribution in [0.1, 0.15) is 76.8 Å². The van der Waals surface area contributed by atoms with E-state index in [1.54, 1.807) is 0 Å². The second-order valence-corrected chi connectivity index (χ2v) is 8.30. The van der Waals surface area contributed by atoms with Gasteiger partial charge in [0, 0.05) is 23.4 Å². The van der Waals surface area contributed by atoms with Crippen LogP contribution in [0.15, 0.2) is 65.7 Å². The van der Waals surface area contributed by atoms with Gasteiger partial charge in [0.2, 0.25) is 0 Å². The van der Waals surface area contributed by atoms with Crippen LogP contribution in [0.5, 0.6) is 5.75 Å². The maximum atomic E-state index is 6.72. The molecule has 0 saturated heterocycles. The van der Waals surface area contributed by atoms with Crippen molar-refractivity contribution in [3.63, 3.8) is 0 Å². The molecule has 2 heteroatoms. The molecule has 2 nitrogen and oxygen atoms in total. The fourth-order valence-electron chi connectivity index (χ4n) is 3.80. The van der Waals surface area contributed by atoms with E-state index in [0.717, 1.165) is 35.3 Å². The highest BCUT2D eigenvalue weighted by Gasteiger charge is 2.25. The Kier molecular flexibility index (Phi) is 7.69. The number of hydrogen-bond donors (Lipinski definition) is 0. The van der Waals surface area contributed by atoms with Crippen LogP contribution in [-0.2, 0) is 0 Å². The monoisotopic (exact) mass is 389 g/mol. The highest BCUT2D eigenvalue weighted by molar-refractivity contribution is 5.90. The molecule has 2 aliphatic rings. The van der Waals surface area contributed by atoms with E-state index in [4.69, 9.17) is 9.73 Å². The molecule has 0 atom stereocenters. The summed E-state index contributed by atoms with van der Waals surface area (Å²) in [6, 6.07) is 6.87. The van der Waals surface area contributed by atoms with Crippen LogP contribution in [0, 0.1) is 0 Å². The van der Waals surface area contributed by atoms with E-state index >= 15 is 0 Å². The van der Waals surface area contributed by atoms with Gasteiger partial charge >= 0.3 is 0 Å². The molecule has 0 heterocycles. The molecule has 29 heavy (non-hydrogen) atoms. The van der Waals surface area contributed by atoms with E-state index in [1.165, 1.54) is 32.1 Å². The SMILES string of the molecule is CCC(C)(CC)Oc1c(C=NC2CCCCC2)cccc1C1=C/C=C\C=C/C=C\1. The highest BCUT2D eigenvalue weighted by atomic mass is 16.5. The number of aliphatic imine (C=N–C) groups is 1. The summed E-state index contributed by atoms with van der Waals surface area (Å²) in [6.45, 7) is 6.60. The molecular weight excluding hydrogens is 354 g/mol. The Bertz CT molecular complexity index is 815. The number of nitrogens with zero attached hydrogens (tertiary/aromatic N) is 1. The Morgan fingerprint density at radius 3 is 2.48 bits per heavy atom. The van der Waals surface area contributed by atoms with E-state index < -0.39 is 0 Å². The molecule has 3 rings (SSSR count). The first-order chi connectivity index (χ1) is 14.1. The standard InChI is InChI=1S/C27H35NO/c1-4-27(3,5-2)29-26-23(21-28-24-18-12-9-13-19-24)17-14-20-25(26)22-15-10-7-6-8-11-16-22/h6-8,10-11,14-17,20-21,24H,4-5,9,12-13,18-19H2,1-3H3/b7-6-,8-6?,10-7?,11-8-,15-10-,16-11?,22-15?,22-16+,28-21?. The van der Waals surface area contributed by atoms with Gasteiger partial charge in [-0.25, -0.2) is 0 Å². The van der Waals surface area contributed by atoms with Crippen molar-refractivity contribution >= 4 is 11.8 Å². The zero-order chi connectivity index (χ0) is 20.5.